The number of hydrogen-bond donors (Lipinski definition) is 0. The van der Waals surface area contributed by atoms with Gasteiger partial charge in [-0.3, -0.25) is 13.6 Å². The van der Waals surface area contributed by atoms with Crippen molar-refractivity contribution in [1.82, 2.24) is 4.90 Å². The van der Waals surface area contributed by atoms with Crippen LogP contribution in [0.5, 0.6) is 0 Å². The molecule has 0 amide bonds. The first-order chi connectivity index (χ1) is 12.1. The normalized spacial score (nSPS) is 18.2. The Kier molecular flexibility index (Phi) is 12.1. The van der Waals surface area contributed by atoms with E-state index in [1.807, 2.05) is 0 Å². The van der Waals surface area contributed by atoms with Crippen molar-refractivity contribution in [2.24, 2.45) is 0 Å². The van der Waals surface area contributed by atoms with E-state index in [0.717, 1.165) is 13.1 Å². The molecule has 0 aliphatic carbocycles. The number of benzene rings is 1. The molecule has 6 heteroatoms. The monoisotopic (exact) mass is 534 g/mol. The Morgan fingerprint density at radius 2 is 1.69 bits per heavy atom. The van der Waals surface area contributed by atoms with Gasteiger partial charge in [0.05, 0.1) is 0 Å². The number of nitrogens with zero attached hydrogens (tertiary/aromatic N) is 3. The van der Waals surface area contributed by atoms with E-state index in [9.17, 15) is 0 Å². The molecule has 2 aliphatic rings. The summed E-state index contributed by atoms with van der Waals surface area (Å²) in [6, 6.07) is 5.01. The molecule has 0 saturated carbocycles. The van der Waals surface area contributed by atoms with Crippen LogP contribution < -0.4 is 4.90 Å². The van der Waals surface area contributed by atoms with Crippen LogP contribution in [0.25, 0.3) is 5.32 Å². The van der Waals surface area contributed by atoms with Crippen molar-refractivity contribution in [3.8, 4) is 0 Å². The van der Waals surface area contributed by atoms with Gasteiger partial charge in [0.25, 0.3) is 0 Å². The van der Waals surface area contributed by atoms with Crippen molar-refractivity contribution in [2.45, 2.75) is 46.1 Å². The standard InChI is InChI=1S/C18H25N3.2CHO.Ir/c1-14-10-15(2)18(16(3)11-14)21-9-8-20(13-21)12-17-6-4-5-7-19-17;2*1-2;/h8-11,13,17H,4-7,12H2,1-3H3;2*1H;/q-2;2*-1;. The molecule has 2 heterocycles. The van der Waals surface area contributed by atoms with Crippen LogP contribution in [0.3, 0.4) is 0 Å². The van der Waals surface area contributed by atoms with Gasteiger partial charge in [0.15, 0.2) is 0 Å². The molecule has 2 aliphatic heterocycles. The van der Waals surface area contributed by atoms with E-state index >= 15 is 0 Å². The summed E-state index contributed by atoms with van der Waals surface area (Å²) in [7, 11) is 0. The van der Waals surface area contributed by atoms with Crippen LogP contribution in [0, 0.1) is 27.4 Å². The number of carbonyl (C=O) groups excluding carboxylic acids is 2. The fraction of sp³-hybridized carbons (Fsp3) is 0.450. The van der Waals surface area contributed by atoms with Crippen LogP contribution in [0.1, 0.15) is 36.0 Å². The van der Waals surface area contributed by atoms with Crippen LogP contribution >= 0.6 is 0 Å². The quantitative estimate of drug-likeness (QED) is 0.439. The minimum atomic E-state index is 0. The molecule has 1 aromatic rings. The topological polar surface area (TPSA) is 54.7 Å². The molecule has 0 N–H and O–H groups in total. The summed E-state index contributed by atoms with van der Waals surface area (Å²) in [5, 5.41) is 4.72. The second-order valence-electron chi connectivity index (χ2n) is 6.32. The molecule has 1 atom stereocenters. The summed E-state index contributed by atoms with van der Waals surface area (Å²) >= 11 is 0. The van der Waals surface area contributed by atoms with Crippen molar-refractivity contribution in [3.63, 3.8) is 0 Å². The van der Waals surface area contributed by atoms with E-state index in [0.29, 0.717) is 6.04 Å². The molecule has 1 radical (unpaired) electrons. The summed E-state index contributed by atoms with van der Waals surface area (Å²) < 4.78 is 0. The van der Waals surface area contributed by atoms with Crippen molar-refractivity contribution >= 4 is 19.3 Å². The molecular formula is C20H27IrN3O2-4. The van der Waals surface area contributed by atoms with Gasteiger partial charge in [-0.15, -0.1) is 12.6 Å². The molecule has 26 heavy (non-hydrogen) atoms. The maximum atomic E-state index is 7.75. The molecular weight excluding hydrogens is 506 g/mol. The Bertz CT molecular complexity index is 549. The van der Waals surface area contributed by atoms with Gasteiger partial charge in [0.1, 0.15) is 0 Å². The van der Waals surface area contributed by atoms with E-state index < -0.39 is 0 Å². The molecule has 3 rings (SSSR count). The average molecular weight is 534 g/mol. The van der Waals surface area contributed by atoms with E-state index in [1.165, 1.54) is 41.6 Å². The molecule has 1 unspecified atom stereocenters. The zero-order valence-corrected chi connectivity index (χ0v) is 18.0. The Balaban J connectivity index is 0.00000117. The van der Waals surface area contributed by atoms with Gasteiger partial charge in [0.2, 0.25) is 0 Å². The minimum absolute atomic E-state index is 0. The second-order valence-corrected chi connectivity index (χ2v) is 6.32. The van der Waals surface area contributed by atoms with Crippen molar-refractivity contribution in [3.05, 3.63) is 53.2 Å². The third-order valence-electron chi connectivity index (χ3n) is 4.34. The van der Waals surface area contributed by atoms with Crippen LogP contribution in [-0.4, -0.2) is 37.6 Å². The first kappa shape index (κ1) is 24.5. The van der Waals surface area contributed by atoms with Crippen LogP contribution in [0.2, 0.25) is 0 Å². The Morgan fingerprint density at radius 3 is 2.23 bits per heavy atom. The average Bonchev–Trinajstić information content (AvgIpc) is 3.06. The number of piperidine rings is 1. The molecule has 1 aromatic carbocycles. The summed E-state index contributed by atoms with van der Waals surface area (Å²) in [5.41, 5.74) is 5.30. The van der Waals surface area contributed by atoms with Crippen molar-refractivity contribution in [1.29, 1.82) is 0 Å². The fourth-order valence-electron chi connectivity index (χ4n) is 3.46. The Labute approximate surface area is 171 Å². The molecule has 0 bridgehead atoms. The molecule has 1 fully saturated rings. The third kappa shape index (κ3) is 6.67. The number of hydrogen-bond acceptors (Lipinski definition) is 4. The van der Waals surface area contributed by atoms with E-state index in [-0.39, 0.29) is 20.1 Å². The maximum absolute atomic E-state index is 7.75. The molecule has 147 valence electrons. The second kappa shape index (κ2) is 12.8. The number of rotatable bonds is 3. The summed E-state index contributed by atoms with van der Waals surface area (Å²) in [5.74, 6) is 0. The van der Waals surface area contributed by atoms with Gasteiger partial charge in [-0.2, -0.15) is 6.67 Å². The zero-order valence-electron chi connectivity index (χ0n) is 15.6. The van der Waals surface area contributed by atoms with Crippen LogP contribution in [-0.2, 0) is 29.7 Å². The first-order valence-corrected chi connectivity index (χ1v) is 8.42. The molecule has 5 nitrogen and oxygen atoms in total. The Hall–Kier alpha value is -1.49. The van der Waals surface area contributed by atoms with Crippen molar-refractivity contribution in [2.75, 3.05) is 18.0 Å². The van der Waals surface area contributed by atoms with Gasteiger partial charge in [0, 0.05) is 25.8 Å². The number of aryl methyl sites for hydroxylation is 3. The molecule has 1 saturated heterocycles. The van der Waals surface area contributed by atoms with Crippen molar-refractivity contribution < 1.29 is 29.7 Å². The van der Waals surface area contributed by atoms with Gasteiger partial charge >= 0.3 is 0 Å². The first-order valence-electron chi connectivity index (χ1n) is 8.42. The summed E-state index contributed by atoms with van der Waals surface area (Å²) in [6.07, 6.45) is 8.16. The zero-order chi connectivity index (χ0) is 18.8. The SMILES string of the molecule is Cc1cc(C)c(N2C=CN(CC3CCCC[N-]3)[CH-]2)c(C)c1.[CH-]=O.[CH-]=O.[Ir]. The maximum Gasteiger partial charge on any atom is 0.0184 e. The predicted octanol–water partition coefficient (Wildman–Crippen LogP) is 3.70. The number of anilines is 1. The minimum Gasteiger partial charge on any atom is -0.658 e. The van der Waals surface area contributed by atoms with Gasteiger partial charge in [-0.1, -0.05) is 37.0 Å². The Morgan fingerprint density at radius 1 is 1.08 bits per heavy atom. The van der Waals surface area contributed by atoms with E-state index in [2.05, 4.69) is 75.4 Å². The van der Waals surface area contributed by atoms with Gasteiger partial charge in [-0.05, 0) is 50.8 Å². The van der Waals surface area contributed by atoms with Gasteiger partial charge < -0.3 is 24.7 Å². The fourth-order valence-corrected chi connectivity index (χ4v) is 3.46. The third-order valence-corrected chi connectivity index (χ3v) is 4.34. The largest absolute Gasteiger partial charge is 0.658 e. The van der Waals surface area contributed by atoms with Gasteiger partial charge in [-0.25, -0.2) is 0 Å². The van der Waals surface area contributed by atoms with E-state index in [4.69, 9.17) is 14.9 Å². The van der Waals surface area contributed by atoms with E-state index in [1.54, 1.807) is 0 Å². The summed E-state index contributed by atoms with van der Waals surface area (Å²) in [6.45, 7) is 17.3. The smallest absolute Gasteiger partial charge is 0.0184 e. The predicted molar refractivity (Wildman–Crippen MR) is 103 cm³/mol. The molecule has 0 spiro atoms. The molecule has 0 aromatic heterocycles. The van der Waals surface area contributed by atoms with Crippen LogP contribution in [0.15, 0.2) is 24.5 Å². The summed E-state index contributed by atoms with van der Waals surface area (Å²) in [4.78, 5) is 20.0. The van der Waals surface area contributed by atoms with Crippen LogP contribution in [0.4, 0.5) is 5.69 Å².